The zero-order chi connectivity index (χ0) is 24.5. The molecule has 8 aromatic rings. The Balaban J connectivity index is 1.45. The quantitative estimate of drug-likeness (QED) is 0.214. The number of fused-ring (bicyclic) bond motifs is 8. The van der Waals surface area contributed by atoms with Crippen LogP contribution in [-0.2, 0) is 0 Å². The van der Waals surface area contributed by atoms with E-state index in [0.717, 1.165) is 26.4 Å². The van der Waals surface area contributed by atoms with Crippen LogP contribution in [0.3, 0.4) is 0 Å². The Labute approximate surface area is 221 Å². The van der Waals surface area contributed by atoms with Crippen molar-refractivity contribution in [3.05, 3.63) is 126 Å². The average molecular weight is 538 g/mol. The van der Waals surface area contributed by atoms with Gasteiger partial charge in [-0.3, -0.25) is 0 Å². The van der Waals surface area contributed by atoms with Gasteiger partial charge in [-0.1, -0.05) is 82.7 Å². The molecule has 0 radical (unpaired) electrons. The molecule has 2 nitrogen and oxygen atoms in total. The van der Waals surface area contributed by atoms with Crippen LogP contribution in [0.5, 0.6) is 0 Å². The molecule has 3 heteroatoms. The Hall–Kier alpha value is -4.34. The zero-order valence-corrected chi connectivity index (χ0v) is 21.4. The lowest BCUT2D eigenvalue weighted by molar-refractivity contribution is 0.669. The minimum atomic E-state index is 0.905. The number of rotatable bonds is 2. The van der Waals surface area contributed by atoms with Gasteiger partial charge in [0.05, 0.1) is 11.0 Å². The number of aromatic nitrogens is 1. The van der Waals surface area contributed by atoms with E-state index in [2.05, 4.69) is 130 Å². The smallest absolute Gasteiger partial charge is 0.136 e. The molecule has 37 heavy (non-hydrogen) atoms. The molecular weight excluding hydrogens is 518 g/mol. The first-order valence-corrected chi connectivity index (χ1v) is 13.2. The van der Waals surface area contributed by atoms with Gasteiger partial charge in [0.2, 0.25) is 0 Å². The van der Waals surface area contributed by atoms with Gasteiger partial charge in [-0.15, -0.1) is 0 Å². The van der Waals surface area contributed by atoms with Gasteiger partial charge in [0.1, 0.15) is 11.2 Å². The predicted molar refractivity (Wildman–Crippen MR) is 159 cm³/mol. The van der Waals surface area contributed by atoms with Gasteiger partial charge >= 0.3 is 0 Å². The summed E-state index contributed by atoms with van der Waals surface area (Å²) in [6.45, 7) is 0. The standard InChI is InChI=1S/C34H20BrNO/c35-22-15-17-32-29(19-22)34-26-12-5-4-10-24(26)27(20-33(34)37-32)21-14-16-31-28(18-21)25-11-6-7-13-30(25)36(31)23-8-2-1-3-9-23/h1-20H. The van der Waals surface area contributed by atoms with Crippen LogP contribution in [0.4, 0.5) is 0 Å². The highest BCUT2D eigenvalue weighted by Gasteiger charge is 2.17. The average Bonchev–Trinajstić information content (AvgIpc) is 3.48. The molecule has 0 atom stereocenters. The molecule has 0 amide bonds. The number of halogens is 1. The van der Waals surface area contributed by atoms with E-state index in [1.54, 1.807) is 0 Å². The Morgan fingerprint density at radius 3 is 2.11 bits per heavy atom. The molecule has 174 valence electrons. The molecule has 8 rings (SSSR count). The van der Waals surface area contributed by atoms with Crippen LogP contribution < -0.4 is 0 Å². The first kappa shape index (κ1) is 20.8. The molecule has 0 saturated carbocycles. The monoisotopic (exact) mass is 537 g/mol. The summed E-state index contributed by atoms with van der Waals surface area (Å²) in [4.78, 5) is 0. The van der Waals surface area contributed by atoms with Crippen molar-refractivity contribution < 1.29 is 4.42 Å². The van der Waals surface area contributed by atoms with Crippen molar-refractivity contribution in [1.82, 2.24) is 4.57 Å². The summed E-state index contributed by atoms with van der Waals surface area (Å²) in [5.41, 5.74) is 7.76. The van der Waals surface area contributed by atoms with Crippen molar-refractivity contribution in [3.8, 4) is 16.8 Å². The van der Waals surface area contributed by atoms with Gasteiger partial charge in [0.15, 0.2) is 0 Å². The third-order valence-corrected chi connectivity index (χ3v) is 7.93. The lowest BCUT2D eigenvalue weighted by atomic mass is 9.94. The SMILES string of the molecule is Brc1ccc2oc3cc(-c4ccc5c(c4)c4ccccc4n5-c4ccccc4)c4ccccc4c3c2c1. The fourth-order valence-corrected chi connectivity index (χ4v) is 6.21. The highest BCUT2D eigenvalue weighted by molar-refractivity contribution is 9.10. The first-order chi connectivity index (χ1) is 18.3. The lowest BCUT2D eigenvalue weighted by Crippen LogP contribution is -1.92. The fraction of sp³-hybridized carbons (Fsp3) is 0. The van der Waals surface area contributed by atoms with Crippen LogP contribution >= 0.6 is 15.9 Å². The third kappa shape index (κ3) is 3.04. The Bertz CT molecular complexity index is 2150. The number of furan rings is 1. The molecule has 0 N–H and O–H groups in total. The molecule has 0 saturated heterocycles. The van der Waals surface area contributed by atoms with E-state index in [4.69, 9.17) is 4.42 Å². The maximum absolute atomic E-state index is 6.37. The summed E-state index contributed by atoms with van der Waals surface area (Å²) < 4.78 is 9.78. The molecular formula is C34H20BrNO. The van der Waals surface area contributed by atoms with Crippen molar-refractivity contribution in [2.24, 2.45) is 0 Å². The van der Waals surface area contributed by atoms with Gasteiger partial charge in [-0.05, 0) is 76.5 Å². The van der Waals surface area contributed by atoms with E-state index < -0.39 is 0 Å². The molecule has 2 aromatic heterocycles. The summed E-state index contributed by atoms with van der Waals surface area (Å²) in [7, 11) is 0. The Morgan fingerprint density at radius 1 is 0.514 bits per heavy atom. The van der Waals surface area contributed by atoms with E-state index >= 15 is 0 Å². The van der Waals surface area contributed by atoms with Crippen LogP contribution in [0.25, 0.3) is 71.3 Å². The largest absolute Gasteiger partial charge is 0.456 e. The number of para-hydroxylation sites is 2. The molecule has 0 aliphatic heterocycles. The van der Waals surface area contributed by atoms with Crippen molar-refractivity contribution in [1.29, 1.82) is 0 Å². The summed E-state index contributed by atoms with van der Waals surface area (Å²) >= 11 is 3.64. The van der Waals surface area contributed by atoms with Gasteiger partial charge in [-0.2, -0.15) is 0 Å². The summed E-state index contributed by atoms with van der Waals surface area (Å²) in [5.74, 6) is 0. The molecule has 6 aromatic carbocycles. The molecule has 2 heterocycles. The lowest BCUT2D eigenvalue weighted by Gasteiger charge is -2.10. The molecule has 0 unspecified atom stereocenters. The molecule has 0 fully saturated rings. The third-order valence-electron chi connectivity index (χ3n) is 7.44. The van der Waals surface area contributed by atoms with E-state index in [-0.39, 0.29) is 0 Å². The highest BCUT2D eigenvalue weighted by Crippen LogP contribution is 2.42. The topological polar surface area (TPSA) is 18.1 Å². The fourth-order valence-electron chi connectivity index (χ4n) is 5.85. The van der Waals surface area contributed by atoms with Crippen molar-refractivity contribution >= 4 is 70.4 Å². The van der Waals surface area contributed by atoms with E-state index in [1.807, 2.05) is 12.1 Å². The molecule has 0 bridgehead atoms. The number of hydrogen-bond acceptors (Lipinski definition) is 1. The summed E-state index contributed by atoms with van der Waals surface area (Å²) in [5, 5.41) is 7.23. The Kier molecular flexibility index (Phi) is 4.40. The summed E-state index contributed by atoms with van der Waals surface area (Å²) in [6.07, 6.45) is 0. The minimum absolute atomic E-state index is 0.905. The number of benzene rings is 6. The van der Waals surface area contributed by atoms with E-state index in [1.165, 1.54) is 49.4 Å². The maximum atomic E-state index is 6.37. The second kappa shape index (κ2) is 7.83. The second-order valence-electron chi connectivity index (χ2n) is 9.51. The molecule has 0 spiro atoms. The number of hydrogen-bond donors (Lipinski definition) is 0. The van der Waals surface area contributed by atoms with Crippen LogP contribution in [0.2, 0.25) is 0 Å². The van der Waals surface area contributed by atoms with Gasteiger partial charge in [0, 0.05) is 31.7 Å². The van der Waals surface area contributed by atoms with E-state index in [9.17, 15) is 0 Å². The van der Waals surface area contributed by atoms with Crippen LogP contribution in [-0.4, -0.2) is 4.57 Å². The van der Waals surface area contributed by atoms with Crippen molar-refractivity contribution in [3.63, 3.8) is 0 Å². The number of nitrogens with zero attached hydrogens (tertiary/aromatic N) is 1. The normalized spacial score (nSPS) is 11.9. The van der Waals surface area contributed by atoms with Gasteiger partial charge in [0.25, 0.3) is 0 Å². The van der Waals surface area contributed by atoms with Crippen molar-refractivity contribution in [2.45, 2.75) is 0 Å². The van der Waals surface area contributed by atoms with Crippen LogP contribution in [0.1, 0.15) is 0 Å². The van der Waals surface area contributed by atoms with Gasteiger partial charge in [-0.25, -0.2) is 0 Å². The zero-order valence-electron chi connectivity index (χ0n) is 19.8. The highest BCUT2D eigenvalue weighted by atomic mass is 79.9. The molecule has 0 aliphatic rings. The van der Waals surface area contributed by atoms with Gasteiger partial charge < -0.3 is 8.98 Å². The second-order valence-corrected chi connectivity index (χ2v) is 10.4. The van der Waals surface area contributed by atoms with Crippen molar-refractivity contribution in [2.75, 3.05) is 0 Å². The summed E-state index contributed by atoms with van der Waals surface area (Å²) in [6, 6.07) is 43.2. The van der Waals surface area contributed by atoms with E-state index in [0.29, 0.717) is 0 Å². The molecule has 0 aliphatic carbocycles. The maximum Gasteiger partial charge on any atom is 0.136 e. The minimum Gasteiger partial charge on any atom is -0.456 e. The van der Waals surface area contributed by atoms with Crippen LogP contribution in [0, 0.1) is 0 Å². The Morgan fingerprint density at radius 2 is 1.24 bits per heavy atom. The van der Waals surface area contributed by atoms with Crippen LogP contribution in [0.15, 0.2) is 130 Å². The first-order valence-electron chi connectivity index (χ1n) is 12.4. The predicted octanol–water partition coefficient (Wildman–Crippen LogP) is 10.3.